The molecule has 1 unspecified atom stereocenters. The largest absolute Gasteiger partial charge is 0.468 e. The summed E-state index contributed by atoms with van der Waals surface area (Å²) >= 11 is 1.78. The van der Waals surface area contributed by atoms with E-state index < -0.39 is 5.54 Å². The molecule has 0 aromatic carbocycles. The van der Waals surface area contributed by atoms with Gasteiger partial charge in [0.05, 0.1) is 12.9 Å². The van der Waals surface area contributed by atoms with E-state index in [2.05, 4.69) is 0 Å². The average Bonchev–Trinajstić information content (AvgIpc) is 2.70. The topological polar surface area (TPSA) is 59.4 Å². The number of aliphatic hydroxyl groups excluding tert-OH is 1. The molecule has 0 spiro atoms. The standard InChI is InChI=1S/C12H21NO2S/c1-3-12(13,9-14)6-4-8-16-11-5-7-15-10(11)2/h5,7,14H,3-4,6,8-9,13H2,1-2H3. The maximum absolute atomic E-state index is 9.17. The third kappa shape index (κ3) is 3.85. The monoisotopic (exact) mass is 243 g/mol. The molecule has 0 aliphatic heterocycles. The minimum absolute atomic E-state index is 0.0684. The molecule has 0 saturated heterocycles. The van der Waals surface area contributed by atoms with Crippen LogP contribution >= 0.6 is 11.8 Å². The first-order valence-corrected chi connectivity index (χ1v) is 6.66. The maximum Gasteiger partial charge on any atom is 0.114 e. The van der Waals surface area contributed by atoms with Crippen LogP contribution in [0.2, 0.25) is 0 Å². The molecule has 4 heteroatoms. The lowest BCUT2D eigenvalue weighted by Gasteiger charge is -2.25. The molecule has 92 valence electrons. The highest BCUT2D eigenvalue weighted by Gasteiger charge is 2.20. The molecule has 0 radical (unpaired) electrons. The zero-order valence-corrected chi connectivity index (χ0v) is 10.8. The number of furan rings is 1. The average molecular weight is 243 g/mol. The summed E-state index contributed by atoms with van der Waals surface area (Å²) in [4.78, 5) is 1.20. The van der Waals surface area contributed by atoms with Crippen molar-refractivity contribution in [3.63, 3.8) is 0 Å². The lowest BCUT2D eigenvalue weighted by molar-refractivity contribution is 0.182. The van der Waals surface area contributed by atoms with Crippen LogP contribution in [-0.4, -0.2) is 23.0 Å². The smallest absolute Gasteiger partial charge is 0.114 e. The van der Waals surface area contributed by atoms with Crippen LogP contribution in [0.3, 0.4) is 0 Å². The number of rotatable bonds is 7. The van der Waals surface area contributed by atoms with Crippen molar-refractivity contribution < 1.29 is 9.52 Å². The Labute approximate surface area is 101 Å². The Kier molecular flexibility index (Phi) is 5.38. The molecule has 0 saturated carbocycles. The second-order valence-corrected chi connectivity index (χ2v) is 5.30. The zero-order chi connectivity index (χ0) is 12.0. The summed E-state index contributed by atoms with van der Waals surface area (Å²) in [5.74, 6) is 1.99. The van der Waals surface area contributed by atoms with Crippen molar-refractivity contribution in [1.29, 1.82) is 0 Å². The lowest BCUT2D eigenvalue weighted by Crippen LogP contribution is -2.42. The number of nitrogens with two attached hydrogens (primary N) is 1. The van der Waals surface area contributed by atoms with E-state index in [9.17, 15) is 0 Å². The lowest BCUT2D eigenvalue weighted by atomic mass is 9.93. The molecule has 1 aromatic heterocycles. The van der Waals surface area contributed by atoms with Gasteiger partial charge in [-0.3, -0.25) is 0 Å². The highest BCUT2D eigenvalue weighted by atomic mass is 32.2. The van der Waals surface area contributed by atoms with Gasteiger partial charge in [-0.25, -0.2) is 0 Å². The van der Waals surface area contributed by atoms with Crippen LogP contribution in [0.15, 0.2) is 21.6 Å². The molecular formula is C12H21NO2S. The van der Waals surface area contributed by atoms with Crippen LogP contribution in [0.5, 0.6) is 0 Å². The Balaban J connectivity index is 2.24. The Hall–Kier alpha value is -0.450. The molecule has 1 heterocycles. The fourth-order valence-electron chi connectivity index (χ4n) is 1.50. The van der Waals surface area contributed by atoms with E-state index in [0.29, 0.717) is 0 Å². The van der Waals surface area contributed by atoms with Crippen molar-refractivity contribution >= 4 is 11.8 Å². The fraction of sp³-hybridized carbons (Fsp3) is 0.667. The van der Waals surface area contributed by atoms with Crippen molar-refractivity contribution in [2.75, 3.05) is 12.4 Å². The summed E-state index contributed by atoms with van der Waals surface area (Å²) < 4.78 is 5.22. The molecular weight excluding hydrogens is 222 g/mol. The number of thioether (sulfide) groups is 1. The molecule has 3 nitrogen and oxygen atoms in total. The Morgan fingerprint density at radius 1 is 1.56 bits per heavy atom. The van der Waals surface area contributed by atoms with Crippen LogP contribution in [0.25, 0.3) is 0 Å². The summed E-state index contributed by atoms with van der Waals surface area (Å²) in [6.45, 7) is 4.05. The Morgan fingerprint density at radius 3 is 2.81 bits per heavy atom. The van der Waals surface area contributed by atoms with Gasteiger partial charge in [-0.2, -0.15) is 0 Å². The van der Waals surface area contributed by atoms with Gasteiger partial charge in [0.15, 0.2) is 0 Å². The first-order chi connectivity index (χ1) is 7.61. The third-order valence-electron chi connectivity index (χ3n) is 2.91. The van der Waals surface area contributed by atoms with E-state index in [1.165, 1.54) is 4.90 Å². The van der Waals surface area contributed by atoms with Gasteiger partial charge in [-0.1, -0.05) is 6.92 Å². The van der Waals surface area contributed by atoms with Crippen molar-refractivity contribution in [3.8, 4) is 0 Å². The van der Waals surface area contributed by atoms with Gasteiger partial charge in [0.1, 0.15) is 5.76 Å². The molecule has 0 aliphatic rings. The van der Waals surface area contributed by atoms with Crippen LogP contribution in [-0.2, 0) is 0 Å². The van der Waals surface area contributed by atoms with Crippen LogP contribution < -0.4 is 5.73 Å². The molecule has 1 aromatic rings. The number of hydrogen-bond donors (Lipinski definition) is 2. The quantitative estimate of drug-likeness (QED) is 0.571. The molecule has 0 aliphatic carbocycles. The maximum atomic E-state index is 9.17. The summed E-state index contributed by atoms with van der Waals surface area (Å²) in [6, 6.07) is 1.99. The van der Waals surface area contributed by atoms with Crippen molar-refractivity contribution in [2.24, 2.45) is 5.73 Å². The number of aliphatic hydroxyl groups is 1. The van der Waals surface area contributed by atoms with Gasteiger partial charge in [-0.15, -0.1) is 11.8 Å². The third-order valence-corrected chi connectivity index (χ3v) is 4.13. The van der Waals surface area contributed by atoms with Gasteiger partial charge in [0, 0.05) is 10.4 Å². The van der Waals surface area contributed by atoms with E-state index >= 15 is 0 Å². The summed E-state index contributed by atoms with van der Waals surface area (Å²) in [6.07, 6.45) is 4.41. The number of hydrogen-bond acceptors (Lipinski definition) is 4. The molecule has 0 amide bonds. The molecule has 0 bridgehead atoms. The number of aryl methyl sites for hydroxylation is 1. The van der Waals surface area contributed by atoms with Crippen LogP contribution in [0.4, 0.5) is 0 Å². The minimum atomic E-state index is -0.397. The van der Waals surface area contributed by atoms with Crippen LogP contribution in [0, 0.1) is 6.92 Å². The normalized spacial score (nSPS) is 15.0. The first-order valence-electron chi connectivity index (χ1n) is 5.68. The summed E-state index contributed by atoms with van der Waals surface area (Å²) in [5, 5.41) is 9.17. The van der Waals surface area contributed by atoms with E-state index in [-0.39, 0.29) is 6.61 Å². The highest BCUT2D eigenvalue weighted by Crippen LogP contribution is 2.25. The van der Waals surface area contributed by atoms with E-state index in [4.69, 9.17) is 15.3 Å². The predicted octanol–water partition coefficient (Wildman–Crippen LogP) is 2.56. The SMILES string of the molecule is CCC(N)(CO)CCCSc1ccoc1C. The van der Waals surface area contributed by atoms with Gasteiger partial charge in [0.25, 0.3) is 0 Å². The van der Waals surface area contributed by atoms with Crippen molar-refractivity contribution in [2.45, 2.75) is 43.5 Å². The van der Waals surface area contributed by atoms with Gasteiger partial charge in [-0.05, 0) is 38.0 Å². The Bertz CT molecular complexity index is 308. The molecule has 0 fully saturated rings. The second-order valence-electron chi connectivity index (χ2n) is 4.17. The highest BCUT2D eigenvalue weighted by molar-refractivity contribution is 7.99. The zero-order valence-electron chi connectivity index (χ0n) is 10.0. The van der Waals surface area contributed by atoms with Crippen molar-refractivity contribution in [3.05, 3.63) is 18.1 Å². The van der Waals surface area contributed by atoms with E-state index in [1.54, 1.807) is 18.0 Å². The molecule has 1 atom stereocenters. The van der Waals surface area contributed by atoms with Gasteiger partial charge >= 0.3 is 0 Å². The van der Waals surface area contributed by atoms with Crippen molar-refractivity contribution in [1.82, 2.24) is 0 Å². The first kappa shape index (κ1) is 13.6. The van der Waals surface area contributed by atoms with E-state index in [0.717, 1.165) is 30.8 Å². The minimum Gasteiger partial charge on any atom is -0.468 e. The molecule has 1 rings (SSSR count). The predicted molar refractivity (Wildman–Crippen MR) is 67.7 cm³/mol. The van der Waals surface area contributed by atoms with Crippen LogP contribution in [0.1, 0.15) is 31.9 Å². The second kappa shape index (κ2) is 6.33. The van der Waals surface area contributed by atoms with Gasteiger partial charge in [0.2, 0.25) is 0 Å². The molecule has 16 heavy (non-hydrogen) atoms. The fourth-order valence-corrected chi connectivity index (χ4v) is 2.41. The molecule has 3 N–H and O–H groups in total. The Morgan fingerprint density at radius 2 is 2.31 bits per heavy atom. The summed E-state index contributed by atoms with van der Waals surface area (Å²) in [5.41, 5.74) is 5.61. The summed E-state index contributed by atoms with van der Waals surface area (Å²) in [7, 11) is 0. The van der Waals surface area contributed by atoms with Gasteiger partial charge < -0.3 is 15.3 Å². The van der Waals surface area contributed by atoms with E-state index in [1.807, 2.05) is 19.9 Å².